The Kier molecular flexibility index (Phi) is 4.58. The van der Waals surface area contributed by atoms with Crippen LogP contribution in [0.3, 0.4) is 0 Å². The van der Waals surface area contributed by atoms with Crippen molar-refractivity contribution in [3.63, 3.8) is 0 Å². The third kappa shape index (κ3) is 3.83. The van der Waals surface area contributed by atoms with Crippen molar-refractivity contribution in [3.8, 4) is 5.75 Å². The highest BCUT2D eigenvalue weighted by molar-refractivity contribution is 5.30. The summed E-state index contributed by atoms with van der Waals surface area (Å²) in [4.78, 5) is 0. The third-order valence-electron chi connectivity index (χ3n) is 3.22. The van der Waals surface area contributed by atoms with E-state index >= 15 is 0 Å². The molecule has 0 aliphatic carbocycles. The summed E-state index contributed by atoms with van der Waals surface area (Å²) in [5.41, 5.74) is 2.50. The highest BCUT2D eigenvalue weighted by Crippen LogP contribution is 2.18. The van der Waals surface area contributed by atoms with E-state index in [1.807, 2.05) is 30.1 Å². The average Bonchev–Trinajstić information content (AvgIpc) is 2.84. The van der Waals surface area contributed by atoms with E-state index in [1.54, 1.807) is 7.11 Å². The molecule has 2 rings (SSSR count). The summed E-state index contributed by atoms with van der Waals surface area (Å²) in [6.07, 6.45) is 4.96. The van der Waals surface area contributed by atoms with Gasteiger partial charge in [-0.2, -0.15) is 5.10 Å². The quantitative estimate of drug-likeness (QED) is 0.865. The molecule has 4 heteroatoms. The van der Waals surface area contributed by atoms with Gasteiger partial charge >= 0.3 is 0 Å². The number of rotatable bonds is 6. The number of hydrogen-bond acceptors (Lipinski definition) is 3. The first-order valence-corrected chi connectivity index (χ1v) is 6.54. The van der Waals surface area contributed by atoms with Crippen molar-refractivity contribution in [2.75, 3.05) is 13.7 Å². The summed E-state index contributed by atoms with van der Waals surface area (Å²) in [5, 5.41) is 7.68. The summed E-state index contributed by atoms with van der Waals surface area (Å²) in [5.74, 6) is 0.901. The van der Waals surface area contributed by atoms with Crippen LogP contribution in [0.4, 0.5) is 0 Å². The molecule has 0 amide bonds. The van der Waals surface area contributed by atoms with Crippen LogP contribution < -0.4 is 10.1 Å². The van der Waals surface area contributed by atoms with Gasteiger partial charge in [0.1, 0.15) is 5.75 Å². The van der Waals surface area contributed by atoms with Gasteiger partial charge in [-0.15, -0.1) is 0 Å². The van der Waals surface area contributed by atoms with E-state index < -0.39 is 0 Å². The molecule has 1 heterocycles. The van der Waals surface area contributed by atoms with Crippen LogP contribution in [-0.2, 0) is 13.5 Å². The van der Waals surface area contributed by atoms with Gasteiger partial charge < -0.3 is 10.1 Å². The average molecular weight is 259 g/mol. The van der Waals surface area contributed by atoms with E-state index in [2.05, 4.69) is 35.7 Å². The zero-order valence-corrected chi connectivity index (χ0v) is 11.8. The first kappa shape index (κ1) is 13.6. The fraction of sp³-hybridized carbons (Fsp3) is 0.400. The molecule has 0 unspecified atom stereocenters. The Balaban J connectivity index is 1.85. The first-order chi connectivity index (χ1) is 9.19. The SMILES string of the molecule is COc1cccc([C@@H](C)NCCc2cnn(C)c2)c1. The monoisotopic (exact) mass is 259 g/mol. The van der Waals surface area contributed by atoms with Crippen molar-refractivity contribution >= 4 is 0 Å². The summed E-state index contributed by atoms with van der Waals surface area (Å²) in [6, 6.07) is 8.48. The van der Waals surface area contributed by atoms with Gasteiger partial charge in [-0.1, -0.05) is 12.1 Å². The smallest absolute Gasteiger partial charge is 0.119 e. The molecule has 0 aliphatic rings. The molecule has 1 aromatic carbocycles. The summed E-state index contributed by atoms with van der Waals surface area (Å²) < 4.78 is 7.08. The van der Waals surface area contributed by atoms with E-state index in [9.17, 15) is 0 Å². The molecular weight excluding hydrogens is 238 g/mol. The first-order valence-electron chi connectivity index (χ1n) is 6.54. The Labute approximate surface area is 114 Å². The van der Waals surface area contributed by atoms with Crippen LogP contribution in [0.1, 0.15) is 24.1 Å². The molecular formula is C15H21N3O. The van der Waals surface area contributed by atoms with E-state index in [-0.39, 0.29) is 0 Å². The predicted molar refractivity (Wildman–Crippen MR) is 76.3 cm³/mol. The van der Waals surface area contributed by atoms with Gasteiger partial charge in [0.2, 0.25) is 0 Å². The minimum absolute atomic E-state index is 0.312. The lowest BCUT2D eigenvalue weighted by Gasteiger charge is -2.14. The number of nitrogens with one attached hydrogen (secondary N) is 1. The lowest BCUT2D eigenvalue weighted by Crippen LogP contribution is -2.21. The van der Waals surface area contributed by atoms with Crippen LogP contribution in [0.2, 0.25) is 0 Å². The lowest BCUT2D eigenvalue weighted by molar-refractivity contribution is 0.413. The number of aryl methyl sites for hydroxylation is 1. The Morgan fingerprint density at radius 1 is 1.42 bits per heavy atom. The van der Waals surface area contributed by atoms with E-state index in [1.165, 1.54) is 11.1 Å². The Morgan fingerprint density at radius 2 is 2.26 bits per heavy atom. The molecule has 4 nitrogen and oxygen atoms in total. The molecule has 1 N–H and O–H groups in total. The van der Waals surface area contributed by atoms with Crippen molar-refractivity contribution in [1.29, 1.82) is 0 Å². The summed E-state index contributed by atoms with van der Waals surface area (Å²) >= 11 is 0. The zero-order chi connectivity index (χ0) is 13.7. The van der Waals surface area contributed by atoms with Crippen molar-refractivity contribution in [2.45, 2.75) is 19.4 Å². The zero-order valence-electron chi connectivity index (χ0n) is 11.8. The third-order valence-corrected chi connectivity index (χ3v) is 3.22. The van der Waals surface area contributed by atoms with Crippen molar-refractivity contribution in [3.05, 3.63) is 47.8 Å². The van der Waals surface area contributed by atoms with Gasteiger partial charge in [0.05, 0.1) is 13.3 Å². The van der Waals surface area contributed by atoms with Crippen molar-refractivity contribution in [2.24, 2.45) is 7.05 Å². The second-order valence-corrected chi connectivity index (χ2v) is 4.72. The molecule has 1 atom stereocenters. The Hall–Kier alpha value is -1.81. The molecule has 0 aliphatic heterocycles. The van der Waals surface area contributed by atoms with Crippen LogP contribution in [0.5, 0.6) is 5.75 Å². The molecule has 102 valence electrons. The number of aromatic nitrogens is 2. The second kappa shape index (κ2) is 6.38. The summed E-state index contributed by atoms with van der Waals surface area (Å²) in [7, 11) is 3.63. The van der Waals surface area contributed by atoms with Gasteiger partial charge in [0, 0.05) is 19.3 Å². The van der Waals surface area contributed by atoms with Crippen LogP contribution in [0.25, 0.3) is 0 Å². The van der Waals surface area contributed by atoms with E-state index in [4.69, 9.17) is 4.74 Å². The molecule has 19 heavy (non-hydrogen) atoms. The van der Waals surface area contributed by atoms with Gasteiger partial charge in [-0.3, -0.25) is 4.68 Å². The maximum Gasteiger partial charge on any atom is 0.119 e. The second-order valence-electron chi connectivity index (χ2n) is 4.72. The summed E-state index contributed by atoms with van der Waals surface area (Å²) in [6.45, 7) is 3.10. The highest BCUT2D eigenvalue weighted by atomic mass is 16.5. The number of nitrogens with zero attached hydrogens (tertiary/aromatic N) is 2. The number of ether oxygens (including phenoxy) is 1. The highest BCUT2D eigenvalue weighted by Gasteiger charge is 2.05. The van der Waals surface area contributed by atoms with Gasteiger partial charge in [0.25, 0.3) is 0 Å². The van der Waals surface area contributed by atoms with E-state index in [0.717, 1.165) is 18.7 Å². The van der Waals surface area contributed by atoms with Gasteiger partial charge in [-0.05, 0) is 43.1 Å². The molecule has 0 spiro atoms. The molecule has 0 fully saturated rings. The topological polar surface area (TPSA) is 39.1 Å². The molecule has 0 bridgehead atoms. The van der Waals surface area contributed by atoms with Crippen molar-refractivity contribution < 1.29 is 4.74 Å². The number of benzene rings is 1. The minimum Gasteiger partial charge on any atom is -0.497 e. The Bertz CT molecular complexity index is 522. The molecule has 0 saturated heterocycles. The number of hydrogen-bond donors (Lipinski definition) is 1. The van der Waals surface area contributed by atoms with Gasteiger partial charge in [0.15, 0.2) is 0 Å². The normalized spacial score (nSPS) is 12.4. The standard InChI is InChI=1S/C15H21N3O/c1-12(14-5-4-6-15(9-14)19-3)16-8-7-13-10-17-18(2)11-13/h4-6,9-12,16H,7-8H2,1-3H3/t12-/m1/s1. The largest absolute Gasteiger partial charge is 0.497 e. The van der Waals surface area contributed by atoms with Crippen LogP contribution in [-0.4, -0.2) is 23.4 Å². The van der Waals surface area contributed by atoms with Crippen LogP contribution in [0, 0.1) is 0 Å². The predicted octanol–water partition coefficient (Wildman–Crippen LogP) is 2.32. The molecule has 0 saturated carbocycles. The van der Waals surface area contributed by atoms with Crippen LogP contribution >= 0.6 is 0 Å². The fourth-order valence-corrected chi connectivity index (χ4v) is 2.06. The molecule has 0 radical (unpaired) electrons. The molecule has 2 aromatic rings. The van der Waals surface area contributed by atoms with Gasteiger partial charge in [-0.25, -0.2) is 0 Å². The van der Waals surface area contributed by atoms with Crippen LogP contribution in [0.15, 0.2) is 36.7 Å². The minimum atomic E-state index is 0.312. The lowest BCUT2D eigenvalue weighted by atomic mass is 10.1. The maximum atomic E-state index is 5.24. The fourth-order valence-electron chi connectivity index (χ4n) is 2.06. The Morgan fingerprint density at radius 3 is 2.95 bits per heavy atom. The van der Waals surface area contributed by atoms with E-state index in [0.29, 0.717) is 6.04 Å². The number of methoxy groups -OCH3 is 1. The molecule has 1 aromatic heterocycles. The van der Waals surface area contributed by atoms with Crippen molar-refractivity contribution in [1.82, 2.24) is 15.1 Å². The maximum absolute atomic E-state index is 5.24.